The number of aromatic nitrogens is 1. The number of amides is 2. The van der Waals surface area contributed by atoms with Gasteiger partial charge >= 0.3 is 0 Å². The van der Waals surface area contributed by atoms with E-state index in [1.54, 1.807) is 0 Å². The molecule has 1 aliphatic heterocycles. The van der Waals surface area contributed by atoms with E-state index in [1.807, 2.05) is 53.9 Å². The van der Waals surface area contributed by atoms with Crippen LogP contribution in [0.5, 0.6) is 5.75 Å². The minimum absolute atomic E-state index is 0.118. The van der Waals surface area contributed by atoms with Gasteiger partial charge in [0, 0.05) is 33.6 Å². The Labute approximate surface area is 179 Å². The highest BCUT2D eigenvalue weighted by molar-refractivity contribution is 9.10. The minimum Gasteiger partial charge on any atom is -0.488 e. The third-order valence-corrected chi connectivity index (χ3v) is 5.45. The number of ether oxygens (including phenoxy) is 1. The smallest absolute Gasteiger partial charge is 0.256 e. The van der Waals surface area contributed by atoms with Crippen molar-refractivity contribution in [2.24, 2.45) is 0 Å². The number of anilines is 2. The Morgan fingerprint density at radius 3 is 2.69 bits per heavy atom. The van der Waals surface area contributed by atoms with Crippen molar-refractivity contribution in [2.75, 3.05) is 17.2 Å². The van der Waals surface area contributed by atoms with Crippen LogP contribution in [0.2, 0.25) is 0 Å². The third-order valence-electron chi connectivity index (χ3n) is 4.20. The molecule has 0 atom stereocenters. The lowest BCUT2D eigenvalue weighted by Crippen LogP contribution is -2.21. The van der Waals surface area contributed by atoms with Gasteiger partial charge in [-0.2, -0.15) is 0 Å². The van der Waals surface area contributed by atoms with Gasteiger partial charge in [0.1, 0.15) is 12.4 Å². The van der Waals surface area contributed by atoms with E-state index in [2.05, 4.69) is 31.5 Å². The summed E-state index contributed by atoms with van der Waals surface area (Å²) < 4.78 is 6.59. The van der Waals surface area contributed by atoms with Crippen molar-refractivity contribution in [1.29, 1.82) is 0 Å². The number of rotatable bonds is 4. The Balaban J connectivity index is 1.46. The summed E-state index contributed by atoms with van der Waals surface area (Å²) in [7, 11) is 0. The van der Waals surface area contributed by atoms with E-state index in [0.717, 1.165) is 32.7 Å². The molecule has 2 heterocycles. The van der Waals surface area contributed by atoms with Crippen LogP contribution in [-0.2, 0) is 9.59 Å². The molecule has 146 valence electrons. The second-order valence-corrected chi connectivity index (χ2v) is 8.16. The number of thiazole rings is 1. The van der Waals surface area contributed by atoms with Gasteiger partial charge in [-0.3, -0.25) is 14.9 Å². The number of carbonyl (C=O) groups excluding carboxylic acids is 2. The molecule has 0 unspecified atom stereocenters. The minimum atomic E-state index is -0.238. The summed E-state index contributed by atoms with van der Waals surface area (Å²) >= 11 is 4.78. The van der Waals surface area contributed by atoms with E-state index >= 15 is 0 Å². The van der Waals surface area contributed by atoms with Gasteiger partial charge < -0.3 is 10.1 Å². The van der Waals surface area contributed by atoms with Gasteiger partial charge in [-0.1, -0.05) is 28.1 Å². The summed E-state index contributed by atoms with van der Waals surface area (Å²) in [5, 5.41) is 7.95. The molecule has 1 aromatic heterocycles. The first-order chi connectivity index (χ1) is 14.0. The SMILES string of the molecule is CC(=O)Nc1ccc(-c2csc(NC(=O)C3=Cc4cc(Br)ccc4OC3)n2)cc1. The normalized spacial score (nSPS) is 12.4. The second kappa shape index (κ2) is 8.18. The van der Waals surface area contributed by atoms with Gasteiger partial charge in [-0.05, 0) is 36.4 Å². The lowest BCUT2D eigenvalue weighted by Gasteiger charge is -2.17. The number of hydrogen-bond donors (Lipinski definition) is 2. The molecule has 2 aromatic carbocycles. The standard InChI is InChI=1S/C21H16BrN3O3S/c1-12(26)23-17-5-2-13(3-6-17)18-11-29-21(24-18)25-20(27)15-8-14-9-16(22)4-7-19(14)28-10-15/h2-9,11H,10H2,1H3,(H,23,26)(H,24,25,27). The number of hydrogen-bond acceptors (Lipinski definition) is 5. The molecule has 0 saturated heterocycles. The van der Waals surface area contributed by atoms with Crippen molar-refractivity contribution in [3.8, 4) is 17.0 Å². The molecule has 0 radical (unpaired) electrons. The highest BCUT2D eigenvalue weighted by Gasteiger charge is 2.18. The maximum Gasteiger partial charge on any atom is 0.256 e. The summed E-state index contributed by atoms with van der Waals surface area (Å²) in [6, 6.07) is 13.1. The Morgan fingerprint density at radius 1 is 1.14 bits per heavy atom. The zero-order valence-electron chi connectivity index (χ0n) is 15.4. The van der Waals surface area contributed by atoms with Crippen LogP contribution in [0.15, 0.2) is 57.9 Å². The van der Waals surface area contributed by atoms with Gasteiger partial charge in [0.15, 0.2) is 5.13 Å². The van der Waals surface area contributed by atoms with Crippen molar-refractivity contribution in [2.45, 2.75) is 6.92 Å². The third kappa shape index (κ3) is 4.55. The van der Waals surface area contributed by atoms with Crippen LogP contribution >= 0.6 is 27.3 Å². The van der Waals surface area contributed by atoms with E-state index in [1.165, 1.54) is 18.3 Å². The molecule has 4 rings (SSSR count). The first-order valence-corrected chi connectivity index (χ1v) is 10.4. The molecule has 0 bridgehead atoms. The molecule has 0 spiro atoms. The zero-order chi connectivity index (χ0) is 20.4. The van der Waals surface area contributed by atoms with Gasteiger partial charge in [0.05, 0.1) is 11.3 Å². The fourth-order valence-electron chi connectivity index (χ4n) is 2.85. The lowest BCUT2D eigenvalue weighted by molar-refractivity contribution is -0.114. The molecule has 3 aromatic rings. The molecule has 2 amide bonds. The summed E-state index contributed by atoms with van der Waals surface area (Å²) in [5.74, 6) is 0.397. The summed E-state index contributed by atoms with van der Waals surface area (Å²) in [6.45, 7) is 1.68. The van der Waals surface area contributed by atoms with E-state index in [0.29, 0.717) is 10.7 Å². The quantitative estimate of drug-likeness (QED) is 0.566. The number of nitrogens with zero attached hydrogens (tertiary/aromatic N) is 1. The summed E-state index contributed by atoms with van der Waals surface area (Å²) in [4.78, 5) is 28.2. The highest BCUT2D eigenvalue weighted by atomic mass is 79.9. The van der Waals surface area contributed by atoms with Crippen molar-refractivity contribution >= 4 is 56.0 Å². The topological polar surface area (TPSA) is 80.3 Å². The van der Waals surface area contributed by atoms with Crippen LogP contribution < -0.4 is 15.4 Å². The summed E-state index contributed by atoms with van der Waals surface area (Å²) in [5.41, 5.74) is 3.76. The maximum absolute atomic E-state index is 12.6. The molecule has 1 aliphatic rings. The molecule has 0 aliphatic carbocycles. The molecular formula is C21H16BrN3O3S. The zero-order valence-corrected chi connectivity index (χ0v) is 17.8. The molecule has 0 saturated carbocycles. The van der Waals surface area contributed by atoms with E-state index < -0.39 is 0 Å². The van der Waals surface area contributed by atoms with Crippen LogP contribution in [0.1, 0.15) is 12.5 Å². The lowest BCUT2D eigenvalue weighted by atomic mass is 10.1. The fraction of sp³-hybridized carbons (Fsp3) is 0.0952. The summed E-state index contributed by atoms with van der Waals surface area (Å²) in [6.07, 6.45) is 1.83. The van der Waals surface area contributed by atoms with Crippen LogP contribution in [0.3, 0.4) is 0 Å². The fourth-order valence-corrected chi connectivity index (χ4v) is 3.94. The average molecular weight is 470 g/mol. The van der Waals surface area contributed by atoms with Crippen molar-refractivity contribution in [3.63, 3.8) is 0 Å². The molecule has 29 heavy (non-hydrogen) atoms. The van der Waals surface area contributed by atoms with Crippen molar-refractivity contribution < 1.29 is 14.3 Å². The van der Waals surface area contributed by atoms with Crippen LogP contribution in [0.4, 0.5) is 10.8 Å². The first kappa shape index (κ1) is 19.4. The molecule has 0 fully saturated rings. The Morgan fingerprint density at radius 2 is 1.93 bits per heavy atom. The Bertz CT molecular complexity index is 1120. The van der Waals surface area contributed by atoms with Crippen molar-refractivity contribution in [1.82, 2.24) is 4.98 Å². The van der Waals surface area contributed by atoms with Gasteiger partial charge in [-0.15, -0.1) is 11.3 Å². The molecular weight excluding hydrogens is 454 g/mol. The molecule has 2 N–H and O–H groups in total. The van der Waals surface area contributed by atoms with Crippen LogP contribution in [-0.4, -0.2) is 23.4 Å². The average Bonchev–Trinajstić information content (AvgIpc) is 3.16. The highest BCUT2D eigenvalue weighted by Crippen LogP contribution is 2.30. The number of fused-ring (bicyclic) bond motifs is 1. The number of benzene rings is 2. The van der Waals surface area contributed by atoms with E-state index in [9.17, 15) is 9.59 Å². The second-order valence-electron chi connectivity index (χ2n) is 6.39. The molecule has 6 nitrogen and oxygen atoms in total. The van der Waals surface area contributed by atoms with Gasteiger partial charge in [-0.25, -0.2) is 4.98 Å². The largest absolute Gasteiger partial charge is 0.488 e. The first-order valence-electron chi connectivity index (χ1n) is 8.76. The predicted molar refractivity (Wildman–Crippen MR) is 118 cm³/mol. The number of halogens is 1. The molecule has 8 heteroatoms. The van der Waals surface area contributed by atoms with Crippen molar-refractivity contribution in [3.05, 3.63) is 63.5 Å². The number of carbonyl (C=O) groups is 2. The monoisotopic (exact) mass is 469 g/mol. The Kier molecular flexibility index (Phi) is 5.46. The van der Waals surface area contributed by atoms with E-state index in [-0.39, 0.29) is 18.4 Å². The number of nitrogens with one attached hydrogen (secondary N) is 2. The Hall–Kier alpha value is -2.97. The van der Waals surface area contributed by atoms with Gasteiger partial charge in [0.25, 0.3) is 5.91 Å². The maximum atomic E-state index is 12.6. The van der Waals surface area contributed by atoms with Gasteiger partial charge in [0.2, 0.25) is 5.91 Å². The van der Waals surface area contributed by atoms with Crippen LogP contribution in [0, 0.1) is 0 Å². The van der Waals surface area contributed by atoms with E-state index in [4.69, 9.17) is 4.74 Å². The predicted octanol–water partition coefficient (Wildman–Crippen LogP) is 4.95. The van der Waals surface area contributed by atoms with Crippen LogP contribution in [0.25, 0.3) is 17.3 Å².